The minimum atomic E-state index is -0.443. The first-order chi connectivity index (χ1) is 10.9. The molecule has 1 aromatic heterocycles. The molecule has 3 heterocycles. The van der Waals surface area contributed by atoms with Gasteiger partial charge in [0, 0.05) is 19.3 Å². The first-order valence-corrected chi connectivity index (χ1v) is 8.27. The van der Waals surface area contributed by atoms with Gasteiger partial charge in [-0.25, -0.2) is 4.79 Å². The fraction of sp³-hybridized carbons (Fsp3) is 0.750. The van der Waals surface area contributed by atoms with Crippen molar-refractivity contribution in [3.63, 3.8) is 0 Å². The quantitative estimate of drug-likeness (QED) is 0.924. The van der Waals surface area contributed by atoms with Gasteiger partial charge in [0.1, 0.15) is 5.60 Å². The Labute approximate surface area is 136 Å². The first-order valence-electron chi connectivity index (χ1n) is 8.27. The lowest BCUT2D eigenvalue weighted by molar-refractivity contribution is 0.0185. The van der Waals surface area contributed by atoms with Gasteiger partial charge in [-0.1, -0.05) is 0 Å². The zero-order valence-electron chi connectivity index (χ0n) is 14.1. The second-order valence-corrected chi connectivity index (χ2v) is 7.29. The number of ether oxygens (including phenoxy) is 2. The number of aromatic nitrogens is 2. The van der Waals surface area contributed by atoms with Crippen LogP contribution < -0.4 is 5.32 Å². The van der Waals surface area contributed by atoms with Crippen LogP contribution in [0.1, 0.15) is 39.7 Å². The Morgan fingerprint density at radius 3 is 2.61 bits per heavy atom. The summed E-state index contributed by atoms with van der Waals surface area (Å²) in [5.41, 5.74) is 0.592. The van der Waals surface area contributed by atoms with E-state index in [2.05, 4.69) is 10.4 Å². The summed E-state index contributed by atoms with van der Waals surface area (Å²) < 4.78 is 12.6. The van der Waals surface area contributed by atoms with Gasteiger partial charge in [-0.05, 0) is 33.6 Å². The second-order valence-electron chi connectivity index (χ2n) is 7.29. The fourth-order valence-corrected chi connectivity index (χ4v) is 2.81. The highest BCUT2D eigenvalue weighted by atomic mass is 16.6. The van der Waals surface area contributed by atoms with Gasteiger partial charge >= 0.3 is 6.09 Å². The topological polar surface area (TPSA) is 68.6 Å². The van der Waals surface area contributed by atoms with E-state index in [-0.39, 0.29) is 6.09 Å². The highest BCUT2D eigenvalue weighted by Crippen LogP contribution is 2.24. The fourth-order valence-electron chi connectivity index (χ4n) is 2.81. The molecule has 23 heavy (non-hydrogen) atoms. The van der Waals surface area contributed by atoms with Crippen molar-refractivity contribution in [2.75, 3.05) is 31.6 Å². The maximum Gasteiger partial charge on any atom is 0.410 e. The van der Waals surface area contributed by atoms with Crippen molar-refractivity contribution in [1.29, 1.82) is 0 Å². The van der Waals surface area contributed by atoms with Crippen molar-refractivity contribution in [3.8, 4) is 0 Å². The van der Waals surface area contributed by atoms with Gasteiger partial charge in [0.2, 0.25) is 0 Å². The van der Waals surface area contributed by atoms with Crippen molar-refractivity contribution >= 4 is 11.8 Å². The van der Waals surface area contributed by atoms with Gasteiger partial charge in [-0.15, -0.1) is 0 Å². The third-order valence-corrected chi connectivity index (χ3v) is 4.10. The molecule has 1 aromatic rings. The summed E-state index contributed by atoms with van der Waals surface area (Å²) >= 11 is 0. The number of likely N-dealkylation sites (tertiary alicyclic amines) is 1. The van der Waals surface area contributed by atoms with Gasteiger partial charge in [0.05, 0.1) is 37.2 Å². The average Bonchev–Trinajstić information content (AvgIpc) is 2.90. The van der Waals surface area contributed by atoms with Crippen LogP contribution in [0, 0.1) is 0 Å². The highest BCUT2D eigenvalue weighted by Gasteiger charge is 2.28. The molecule has 1 amide bonds. The largest absolute Gasteiger partial charge is 0.444 e. The van der Waals surface area contributed by atoms with Crippen LogP contribution in [0.15, 0.2) is 12.4 Å². The van der Waals surface area contributed by atoms with E-state index < -0.39 is 5.60 Å². The first kappa shape index (κ1) is 16.1. The minimum Gasteiger partial charge on any atom is -0.444 e. The van der Waals surface area contributed by atoms with Crippen LogP contribution in [0.2, 0.25) is 0 Å². The van der Waals surface area contributed by atoms with Crippen molar-refractivity contribution in [2.45, 2.75) is 51.3 Å². The molecule has 0 atom stereocenters. The predicted octanol–water partition coefficient (Wildman–Crippen LogP) is 2.27. The van der Waals surface area contributed by atoms with E-state index in [1.54, 1.807) is 4.90 Å². The Morgan fingerprint density at radius 2 is 2.04 bits per heavy atom. The molecule has 0 bridgehead atoms. The summed E-state index contributed by atoms with van der Waals surface area (Å²) in [7, 11) is 0. The summed E-state index contributed by atoms with van der Waals surface area (Å²) in [5.74, 6) is 0. The SMILES string of the molecule is CC(C)(C)OC(=O)N1CCC(n2cc(NC3COC3)cn2)CC1. The van der Waals surface area contributed by atoms with E-state index in [0.29, 0.717) is 25.2 Å². The smallest absolute Gasteiger partial charge is 0.410 e. The summed E-state index contributed by atoms with van der Waals surface area (Å²) in [6.07, 6.45) is 5.48. The minimum absolute atomic E-state index is 0.219. The number of piperidine rings is 1. The zero-order chi connectivity index (χ0) is 16.4. The third kappa shape index (κ3) is 4.16. The van der Waals surface area contributed by atoms with Gasteiger partial charge in [0.15, 0.2) is 0 Å². The number of anilines is 1. The third-order valence-electron chi connectivity index (χ3n) is 4.10. The lowest BCUT2D eigenvalue weighted by Crippen LogP contribution is -2.42. The van der Waals surface area contributed by atoms with E-state index in [4.69, 9.17) is 9.47 Å². The van der Waals surface area contributed by atoms with Crippen LogP contribution in [0.5, 0.6) is 0 Å². The highest BCUT2D eigenvalue weighted by molar-refractivity contribution is 5.68. The molecule has 7 nitrogen and oxygen atoms in total. The molecule has 2 fully saturated rings. The molecule has 7 heteroatoms. The van der Waals surface area contributed by atoms with E-state index >= 15 is 0 Å². The molecule has 128 valence electrons. The molecule has 0 saturated carbocycles. The van der Waals surface area contributed by atoms with Crippen molar-refractivity contribution in [1.82, 2.24) is 14.7 Å². The predicted molar refractivity (Wildman–Crippen MR) is 86.5 cm³/mol. The summed E-state index contributed by atoms with van der Waals surface area (Å²) in [6.45, 7) is 8.62. The summed E-state index contributed by atoms with van der Waals surface area (Å²) in [6, 6.07) is 0.739. The number of carbonyl (C=O) groups is 1. The number of hydrogen-bond acceptors (Lipinski definition) is 5. The normalized spacial score (nSPS) is 20.2. The average molecular weight is 322 g/mol. The van der Waals surface area contributed by atoms with Gasteiger partial charge < -0.3 is 19.7 Å². The molecule has 2 aliphatic heterocycles. The van der Waals surface area contributed by atoms with Crippen LogP contribution in [0.25, 0.3) is 0 Å². The Bertz CT molecular complexity index is 540. The number of hydrogen-bond donors (Lipinski definition) is 1. The molecule has 1 N–H and O–H groups in total. The molecule has 0 aromatic carbocycles. The van der Waals surface area contributed by atoms with Gasteiger partial charge in [-0.3, -0.25) is 4.68 Å². The maximum atomic E-state index is 12.1. The lowest BCUT2D eigenvalue weighted by Gasteiger charge is -2.33. The maximum absolute atomic E-state index is 12.1. The van der Waals surface area contributed by atoms with Crippen LogP contribution >= 0.6 is 0 Å². The molecule has 2 saturated heterocycles. The van der Waals surface area contributed by atoms with E-state index in [1.807, 2.05) is 37.8 Å². The molecule has 0 aliphatic carbocycles. The molecule has 3 rings (SSSR count). The van der Waals surface area contributed by atoms with Crippen LogP contribution in [0.4, 0.5) is 10.5 Å². The van der Waals surface area contributed by atoms with Crippen molar-refractivity contribution in [2.24, 2.45) is 0 Å². The van der Waals surface area contributed by atoms with Crippen molar-refractivity contribution in [3.05, 3.63) is 12.4 Å². The van der Waals surface area contributed by atoms with E-state index in [9.17, 15) is 4.79 Å². The molecular formula is C16H26N4O3. The van der Waals surface area contributed by atoms with E-state index in [1.165, 1.54) is 0 Å². The Hall–Kier alpha value is -1.76. The van der Waals surface area contributed by atoms with Crippen LogP contribution in [0.3, 0.4) is 0 Å². The van der Waals surface area contributed by atoms with Gasteiger partial charge in [-0.2, -0.15) is 5.10 Å². The number of rotatable bonds is 3. The zero-order valence-corrected chi connectivity index (χ0v) is 14.1. The number of carbonyl (C=O) groups excluding carboxylic acids is 1. The van der Waals surface area contributed by atoms with Crippen LogP contribution in [-0.2, 0) is 9.47 Å². The Balaban J connectivity index is 1.49. The molecule has 0 radical (unpaired) electrons. The summed E-state index contributed by atoms with van der Waals surface area (Å²) in [5, 5.41) is 7.86. The second kappa shape index (κ2) is 6.39. The van der Waals surface area contributed by atoms with Crippen LogP contribution in [-0.4, -0.2) is 58.7 Å². The number of amides is 1. The van der Waals surface area contributed by atoms with Gasteiger partial charge in [0.25, 0.3) is 0 Å². The summed E-state index contributed by atoms with van der Waals surface area (Å²) in [4.78, 5) is 13.9. The molecular weight excluding hydrogens is 296 g/mol. The monoisotopic (exact) mass is 322 g/mol. The molecule has 0 spiro atoms. The van der Waals surface area contributed by atoms with Crippen molar-refractivity contribution < 1.29 is 14.3 Å². The Morgan fingerprint density at radius 1 is 1.35 bits per heavy atom. The lowest BCUT2D eigenvalue weighted by atomic mass is 10.1. The molecule has 0 unspecified atom stereocenters. The molecule has 2 aliphatic rings. The van der Waals surface area contributed by atoms with E-state index in [0.717, 1.165) is 31.7 Å². The number of nitrogens with zero attached hydrogens (tertiary/aromatic N) is 3. The Kier molecular flexibility index (Phi) is 4.48. The standard InChI is InChI=1S/C16H26N4O3/c1-16(2,3)23-15(21)19-6-4-14(5-7-19)20-9-12(8-17-20)18-13-10-22-11-13/h8-9,13-14,18H,4-7,10-11H2,1-3H3. The number of nitrogens with one attached hydrogen (secondary N) is 1.